The number of thiazole rings is 1. The number of carbonyl (C=O) groups excluding carboxylic acids is 1. The van der Waals surface area contributed by atoms with E-state index in [0.29, 0.717) is 34.3 Å². The number of benzene rings is 2. The molecule has 3 aromatic rings. The maximum Gasteiger partial charge on any atom is 0.257 e. The van der Waals surface area contributed by atoms with Crippen LogP contribution in [0.25, 0.3) is 10.2 Å². The summed E-state index contributed by atoms with van der Waals surface area (Å²) < 4.78 is 39.6. The summed E-state index contributed by atoms with van der Waals surface area (Å²) in [4.78, 5) is 17.4. The van der Waals surface area contributed by atoms with Gasteiger partial charge in [0.2, 0.25) is 10.0 Å². The number of ether oxygens (including phenoxy) is 2. The Kier molecular flexibility index (Phi) is 6.12. The summed E-state index contributed by atoms with van der Waals surface area (Å²) in [6, 6.07) is 9.41. The highest BCUT2D eigenvalue weighted by Gasteiger charge is 2.40. The van der Waals surface area contributed by atoms with E-state index in [0.717, 1.165) is 16.7 Å². The first-order chi connectivity index (χ1) is 16.8. The molecule has 2 heterocycles. The topological polar surface area (TPSA) is 97.8 Å². The van der Waals surface area contributed by atoms with Crippen LogP contribution in [0.3, 0.4) is 0 Å². The smallest absolute Gasteiger partial charge is 0.257 e. The van der Waals surface area contributed by atoms with Crippen molar-refractivity contribution in [2.45, 2.75) is 24.3 Å². The fourth-order valence-electron chi connectivity index (χ4n) is 4.55. The molecule has 2 aliphatic rings. The molecule has 1 amide bonds. The van der Waals surface area contributed by atoms with Crippen molar-refractivity contribution in [2.75, 3.05) is 26.1 Å². The summed E-state index contributed by atoms with van der Waals surface area (Å²) in [5.74, 6) is 0.967. The highest BCUT2D eigenvalue weighted by molar-refractivity contribution is 7.89. The van der Waals surface area contributed by atoms with Gasteiger partial charge in [0.25, 0.3) is 5.91 Å². The third-order valence-corrected chi connectivity index (χ3v) is 9.17. The maximum atomic E-state index is 13.3. The first-order valence-corrected chi connectivity index (χ1v) is 13.4. The molecule has 1 aliphatic heterocycles. The van der Waals surface area contributed by atoms with Crippen molar-refractivity contribution in [3.63, 3.8) is 0 Å². The molecule has 1 N–H and O–H groups in total. The van der Waals surface area contributed by atoms with Crippen molar-refractivity contribution in [3.8, 4) is 11.5 Å². The normalized spacial score (nSPS) is 19.9. The molecular weight excluding hydrogens is 486 g/mol. The average molecular weight is 512 g/mol. The molecule has 2 aromatic carbocycles. The largest absolute Gasteiger partial charge is 0.493 e. The van der Waals surface area contributed by atoms with Crippen molar-refractivity contribution in [1.29, 1.82) is 0 Å². The van der Waals surface area contributed by atoms with Gasteiger partial charge in [-0.2, -0.15) is 4.31 Å². The first kappa shape index (κ1) is 23.5. The number of nitrogens with one attached hydrogen (secondary N) is 1. The van der Waals surface area contributed by atoms with E-state index in [4.69, 9.17) is 9.47 Å². The van der Waals surface area contributed by atoms with E-state index < -0.39 is 10.0 Å². The first-order valence-electron chi connectivity index (χ1n) is 11.1. The predicted octanol–water partition coefficient (Wildman–Crippen LogP) is 4.46. The average Bonchev–Trinajstić information content (AvgIpc) is 3.46. The van der Waals surface area contributed by atoms with E-state index in [1.807, 2.05) is 25.1 Å². The molecule has 1 aliphatic carbocycles. The second-order valence-corrected chi connectivity index (χ2v) is 11.4. The van der Waals surface area contributed by atoms with Crippen LogP contribution >= 0.6 is 11.3 Å². The number of nitrogens with zero attached hydrogens (tertiary/aromatic N) is 2. The van der Waals surface area contributed by atoms with Crippen LogP contribution < -0.4 is 14.8 Å². The molecule has 5 rings (SSSR count). The van der Waals surface area contributed by atoms with Gasteiger partial charge in [0, 0.05) is 30.3 Å². The van der Waals surface area contributed by atoms with Gasteiger partial charge in [0.1, 0.15) is 0 Å². The molecule has 2 unspecified atom stereocenters. The predicted molar refractivity (Wildman–Crippen MR) is 136 cm³/mol. The van der Waals surface area contributed by atoms with Crippen LogP contribution in [0.4, 0.5) is 5.13 Å². The Balaban J connectivity index is 1.32. The van der Waals surface area contributed by atoms with Gasteiger partial charge in [-0.05, 0) is 43.5 Å². The summed E-state index contributed by atoms with van der Waals surface area (Å²) in [6.07, 6.45) is 6.87. The zero-order valence-electron chi connectivity index (χ0n) is 19.5. The monoisotopic (exact) mass is 511 g/mol. The van der Waals surface area contributed by atoms with Crippen LogP contribution in [0.5, 0.6) is 11.5 Å². The third kappa shape index (κ3) is 4.33. The lowest BCUT2D eigenvalue weighted by Gasteiger charge is -2.26. The summed E-state index contributed by atoms with van der Waals surface area (Å²) in [5, 5.41) is 3.21. The number of carbonyl (C=O) groups is 1. The number of allylic oxidation sites excluding steroid dienone is 2. The zero-order chi connectivity index (χ0) is 24.7. The van der Waals surface area contributed by atoms with Gasteiger partial charge in [-0.1, -0.05) is 35.1 Å². The molecule has 0 bridgehead atoms. The van der Waals surface area contributed by atoms with Crippen LogP contribution in [0.1, 0.15) is 23.7 Å². The van der Waals surface area contributed by atoms with Crippen LogP contribution in [0.15, 0.2) is 65.1 Å². The number of methoxy groups -OCH3 is 2. The van der Waals surface area contributed by atoms with E-state index in [1.54, 1.807) is 24.6 Å². The van der Waals surface area contributed by atoms with Gasteiger partial charge in [0.15, 0.2) is 16.6 Å². The molecule has 1 saturated heterocycles. The quantitative estimate of drug-likeness (QED) is 0.525. The zero-order valence-corrected chi connectivity index (χ0v) is 21.2. The van der Waals surface area contributed by atoms with Crippen molar-refractivity contribution in [2.24, 2.45) is 5.92 Å². The SMILES string of the molecule is COc1cc2nc(NC(=O)c3ccc(S(=O)(=O)N4CCC5C=C(C)C=CC54)cc3)sc2cc1OC. The van der Waals surface area contributed by atoms with Gasteiger partial charge in [-0.25, -0.2) is 13.4 Å². The minimum Gasteiger partial charge on any atom is -0.493 e. The number of anilines is 1. The summed E-state index contributed by atoms with van der Waals surface area (Å²) in [5.41, 5.74) is 2.18. The highest BCUT2D eigenvalue weighted by Crippen LogP contribution is 2.37. The number of amides is 1. The molecule has 10 heteroatoms. The Morgan fingerprint density at radius 2 is 1.86 bits per heavy atom. The number of hydrogen-bond acceptors (Lipinski definition) is 7. The number of hydrogen-bond donors (Lipinski definition) is 1. The van der Waals surface area contributed by atoms with Gasteiger partial charge in [-0.15, -0.1) is 0 Å². The van der Waals surface area contributed by atoms with Crippen LogP contribution in [0.2, 0.25) is 0 Å². The third-order valence-electron chi connectivity index (χ3n) is 6.32. The minimum absolute atomic E-state index is 0.164. The lowest BCUT2D eigenvalue weighted by atomic mass is 9.93. The summed E-state index contributed by atoms with van der Waals surface area (Å²) >= 11 is 1.31. The number of aromatic nitrogens is 1. The Morgan fingerprint density at radius 1 is 1.14 bits per heavy atom. The Hall–Kier alpha value is -3.21. The maximum absolute atomic E-state index is 13.3. The van der Waals surface area contributed by atoms with Crippen LogP contribution in [-0.2, 0) is 10.0 Å². The van der Waals surface area contributed by atoms with Gasteiger partial charge in [0.05, 0.1) is 29.3 Å². The van der Waals surface area contributed by atoms with Gasteiger partial charge in [-0.3, -0.25) is 10.1 Å². The molecule has 1 aromatic heterocycles. The van der Waals surface area contributed by atoms with Crippen molar-refractivity contribution in [1.82, 2.24) is 9.29 Å². The van der Waals surface area contributed by atoms with Gasteiger partial charge >= 0.3 is 0 Å². The second kappa shape index (κ2) is 9.10. The minimum atomic E-state index is -3.67. The summed E-state index contributed by atoms with van der Waals surface area (Å²) in [6.45, 7) is 2.50. The number of rotatable bonds is 6. The Labute approximate surface area is 207 Å². The van der Waals surface area contributed by atoms with E-state index in [-0.39, 0.29) is 22.8 Å². The van der Waals surface area contributed by atoms with Crippen molar-refractivity contribution >= 4 is 42.6 Å². The molecule has 0 radical (unpaired) electrons. The molecule has 35 heavy (non-hydrogen) atoms. The second-order valence-electron chi connectivity index (χ2n) is 8.50. The van der Waals surface area contributed by atoms with E-state index in [2.05, 4.69) is 16.4 Å². The number of sulfonamides is 1. The molecule has 1 fully saturated rings. The standard InChI is InChI=1S/C25H25N3O5S2/c1-15-4-9-20-17(12-15)10-11-28(20)35(30,31)18-7-5-16(6-8-18)24(29)27-25-26-19-13-21(32-2)22(33-3)14-23(19)34-25/h4-9,12-14,17,20H,10-11H2,1-3H3,(H,26,27,29). The Morgan fingerprint density at radius 3 is 2.57 bits per heavy atom. The highest BCUT2D eigenvalue weighted by atomic mass is 32.2. The molecule has 0 saturated carbocycles. The molecule has 182 valence electrons. The lowest BCUT2D eigenvalue weighted by molar-refractivity contribution is 0.102. The molecule has 2 atom stereocenters. The molecule has 8 nitrogen and oxygen atoms in total. The Bertz CT molecular complexity index is 1420. The van der Waals surface area contributed by atoms with Crippen LogP contribution in [-0.4, -0.2) is 50.4 Å². The van der Waals surface area contributed by atoms with E-state index >= 15 is 0 Å². The van der Waals surface area contributed by atoms with E-state index in [1.165, 1.54) is 35.6 Å². The van der Waals surface area contributed by atoms with Crippen molar-refractivity contribution in [3.05, 3.63) is 65.8 Å². The van der Waals surface area contributed by atoms with Gasteiger partial charge < -0.3 is 9.47 Å². The fourth-order valence-corrected chi connectivity index (χ4v) is 7.06. The fraction of sp³-hybridized carbons (Fsp3) is 0.280. The van der Waals surface area contributed by atoms with E-state index in [9.17, 15) is 13.2 Å². The van der Waals surface area contributed by atoms with Crippen LogP contribution in [0, 0.1) is 5.92 Å². The summed E-state index contributed by atoms with van der Waals surface area (Å²) in [7, 11) is -0.563. The molecular formula is C25H25N3O5S2. The molecule has 0 spiro atoms. The van der Waals surface area contributed by atoms with Crippen molar-refractivity contribution < 1.29 is 22.7 Å². The number of fused-ring (bicyclic) bond motifs is 2. The lowest BCUT2D eigenvalue weighted by Crippen LogP contribution is -2.37.